The van der Waals surface area contributed by atoms with Crippen molar-refractivity contribution in [1.29, 1.82) is 0 Å². The minimum Gasteiger partial charge on any atom is -0.369 e. The summed E-state index contributed by atoms with van der Waals surface area (Å²) in [5, 5.41) is -0.153. The van der Waals surface area contributed by atoms with Gasteiger partial charge < -0.3 is 10.6 Å². The first kappa shape index (κ1) is 20.8. The quantitative estimate of drug-likeness (QED) is 0.796. The Morgan fingerprint density at radius 3 is 2.23 bits per heavy atom. The van der Waals surface area contributed by atoms with Gasteiger partial charge in [-0.05, 0) is 68.7 Å². The van der Waals surface area contributed by atoms with Crippen molar-refractivity contribution in [1.82, 2.24) is 4.90 Å². The fraction of sp³-hybridized carbons (Fsp3) is 0.619. The predicted octanol–water partition coefficient (Wildman–Crippen LogP) is 3.76. The number of likely N-dealkylation sites (tertiary alicyclic amines) is 1. The molecular weight excluding hydrogens is 344 g/mol. The van der Waals surface area contributed by atoms with Crippen molar-refractivity contribution >= 4 is 23.6 Å². The van der Waals surface area contributed by atoms with E-state index < -0.39 is 0 Å². The molecule has 2 N–H and O–H groups in total. The van der Waals surface area contributed by atoms with Crippen LogP contribution in [-0.2, 0) is 9.59 Å². The Bertz CT molecular complexity index is 673. The molecule has 0 bridgehead atoms. The second kappa shape index (κ2) is 8.47. The van der Waals surface area contributed by atoms with Crippen molar-refractivity contribution in [2.45, 2.75) is 64.5 Å². The normalized spacial score (nSPS) is 18.9. The lowest BCUT2D eigenvalue weighted by Gasteiger charge is -2.35. The van der Waals surface area contributed by atoms with Crippen molar-refractivity contribution in [3.63, 3.8) is 0 Å². The summed E-state index contributed by atoms with van der Waals surface area (Å²) in [5.74, 6) is -0.164. The maximum absolute atomic E-state index is 13.3. The predicted molar refractivity (Wildman–Crippen MR) is 108 cm³/mol. The fourth-order valence-electron chi connectivity index (χ4n) is 3.55. The van der Waals surface area contributed by atoms with Crippen molar-refractivity contribution in [2.75, 3.05) is 13.1 Å². The Hall–Kier alpha value is -1.49. The molecule has 0 unspecified atom stereocenters. The van der Waals surface area contributed by atoms with Gasteiger partial charge in [0.05, 0.1) is 11.2 Å². The standard InChI is InChI=1S/C21H32N2O2S/c1-12(2)18(21(25)23-9-7-8-17(11-23)20(22)24)26-19-15(5)13(3)10-14(4)16(19)6/h10,12,17-18H,7-9,11H2,1-6H3,(H2,22,24)/t17-,18+/m0/s1. The maximum Gasteiger partial charge on any atom is 0.236 e. The number of aryl methyl sites for hydroxylation is 2. The molecule has 0 saturated carbocycles. The van der Waals surface area contributed by atoms with Crippen LogP contribution in [0.5, 0.6) is 0 Å². The number of carbonyl (C=O) groups is 2. The van der Waals surface area contributed by atoms with Gasteiger partial charge in [0.1, 0.15) is 0 Å². The van der Waals surface area contributed by atoms with Crippen LogP contribution < -0.4 is 5.73 Å². The van der Waals surface area contributed by atoms with Gasteiger partial charge in [-0.25, -0.2) is 0 Å². The van der Waals surface area contributed by atoms with E-state index in [1.165, 1.54) is 27.1 Å². The number of benzene rings is 1. The SMILES string of the molecule is Cc1cc(C)c(C)c(S[C@@H](C(=O)N2CCC[C@H](C(N)=O)C2)C(C)C)c1C. The van der Waals surface area contributed by atoms with Gasteiger partial charge in [0, 0.05) is 18.0 Å². The summed E-state index contributed by atoms with van der Waals surface area (Å²) in [6, 6.07) is 2.21. The van der Waals surface area contributed by atoms with E-state index in [0.29, 0.717) is 6.54 Å². The Morgan fingerprint density at radius 2 is 1.73 bits per heavy atom. The zero-order chi connectivity index (χ0) is 19.6. The summed E-state index contributed by atoms with van der Waals surface area (Å²) in [6.07, 6.45) is 1.63. The van der Waals surface area contributed by atoms with E-state index >= 15 is 0 Å². The van der Waals surface area contributed by atoms with Gasteiger partial charge in [-0.1, -0.05) is 19.9 Å². The Kier molecular flexibility index (Phi) is 6.78. The lowest BCUT2D eigenvalue weighted by molar-refractivity contribution is -0.135. The van der Waals surface area contributed by atoms with Gasteiger partial charge >= 0.3 is 0 Å². The Balaban J connectivity index is 2.27. The van der Waals surface area contributed by atoms with Gasteiger partial charge in [-0.15, -0.1) is 11.8 Å². The van der Waals surface area contributed by atoms with Gasteiger partial charge in [0.2, 0.25) is 11.8 Å². The molecule has 26 heavy (non-hydrogen) atoms. The minimum atomic E-state index is -0.294. The third kappa shape index (κ3) is 4.43. The van der Waals surface area contributed by atoms with Gasteiger partial charge in [0.25, 0.3) is 0 Å². The summed E-state index contributed by atoms with van der Waals surface area (Å²) in [6.45, 7) is 13.9. The lowest BCUT2D eigenvalue weighted by atomic mass is 9.96. The zero-order valence-electron chi connectivity index (χ0n) is 16.9. The second-order valence-corrected chi connectivity index (χ2v) is 9.05. The number of hydrogen-bond acceptors (Lipinski definition) is 3. The molecule has 1 aliphatic heterocycles. The number of nitrogens with zero attached hydrogens (tertiary/aromatic N) is 1. The van der Waals surface area contributed by atoms with Gasteiger partial charge in [-0.2, -0.15) is 0 Å². The molecule has 1 aliphatic rings. The third-order valence-electron chi connectivity index (χ3n) is 5.53. The number of nitrogens with two attached hydrogens (primary N) is 1. The highest BCUT2D eigenvalue weighted by Gasteiger charge is 2.33. The average molecular weight is 377 g/mol. The molecule has 4 nitrogen and oxygen atoms in total. The van der Waals surface area contributed by atoms with Crippen LogP contribution in [0.4, 0.5) is 0 Å². The molecule has 5 heteroatoms. The van der Waals surface area contributed by atoms with Crippen molar-refractivity contribution in [2.24, 2.45) is 17.6 Å². The second-order valence-electron chi connectivity index (χ2n) is 7.90. The maximum atomic E-state index is 13.3. The van der Waals surface area contributed by atoms with Crippen LogP contribution in [-0.4, -0.2) is 35.1 Å². The van der Waals surface area contributed by atoms with E-state index in [1.54, 1.807) is 11.8 Å². The molecule has 1 aromatic carbocycles. The summed E-state index contributed by atoms with van der Waals surface area (Å²) >= 11 is 1.68. The fourth-order valence-corrected chi connectivity index (χ4v) is 5.00. The molecule has 144 valence electrons. The third-order valence-corrected chi connectivity index (χ3v) is 7.37. The van der Waals surface area contributed by atoms with Crippen molar-refractivity contribution in [3.8, 4) is 0 Å². The Morgan fingerprint density at radius 1 is 1.15 bits per heavy atom. The van der Waals surface area contributed by atoms with Crippen LogP contribution in [0, 0.1) is 39.5 Å². The average Bonchev–Trinajstić information content (AvgIpc) is 2.59. The molecule has 1 saturated heterocycles. The molecule has 1 fully saturated rings. The highest BCUT2D eigenvalue weighted by atomic mass is 32.2. The molecule has 2 rings (SSSR count). The molecule has 0 spiro atoms. The molecule has 1 heterocycles. The number of thioether (sulfide) groups is 1. The van der Waals surface area contributed by atoms with E-state index in [4.69, 9.17) is 5.73 Å². The number of primary amides is 1. The highest BCUT2D eigenvalue weighted by Crippen LogP contribution is 2.37. The van der Waals surface area contributed by atoms with Gasteiger partial charge in [0.15, 0.2) is 0 Å². The van der Waals surface area contributed by atoms with E-state index in [1.807, 2.05) is 4.90 Å². The number of piperidine rings is 1. The Labute approximate surface area is 161 Å². The highest BCUT2D eigenvalue weighted by molar-refractivity contribution is 8.00. The summed E-state index contributed by atoms with van der Waals surface area (Å²) in [5.41, 5.74) is 10.5. The monoisotopic (exact) mass is 376 g/mol. The first-order chi connectivity index (χ1) is 12.1. The number of rotatable bonds is 5. The topological polar surface area (TPSA) is 63.4 Å². The number of hydrogen-bond donors (Lipinski definition) is 1. The lowest BCUT2D eigenvalue weighted by Crippen LogP contribution is -2.48. The van der Waals surface area contributed by atoms with Crippen LogP contribution in [0.3, 0.4) is 0 Å². The van der Waals surface area contributed by atoms with E-state index in [2.05, 4.69) is 47.6 Å². The van der Waals surface area contributed by atoms with E-state index in [-0.39, 0.29) is 28.9 Å². The number of amides is 2. The molecule has 0 aliphatic carbocycles. The van der Waals surface area contributed by atoms with E-state index in [0.717, 1.165) is 19.4 Å². The van der Waals surface area contributed by atoms with Crippen LogP contribution in [0.25, 0.3) is 0 Å². The number of carbonyl (C=O) groups excluding carboxylic acids is 2. The van der Waals surface area contributed by atoms with Crippen molar-refractivity contribution in [3.05, 3.63) is 28.3 Å². The van der Waals surface area contributed by atoms with Crippen LogP contribution in [0.15, 0.2) is 11.0 Å². The van der Waals surface area contributed by atoms with Gasteiger partial charge in [-0.3, -0.25) is 9.59 Å². The van der Waals surface area contributed by atoms with Crippen molar-refractivity contribution < 1.29 is 9.59 Å². The zero-order valence-corrected chi connectivity index (χ0v) is 17.7. The smallest absolute Gasteiger partial charge is 0.236 e. The summed E-state index contributed by atoms with van der Waals surface area (Å²) in [7, 11) is 0. The van der Waals surface area contributed by atoms with E-state index in [9.17, 15) is 9.59 Å². The molecule has 1 aromatic rings. The molecule has 2 atom stereocenters. The molecule has 2 amide bonds. The molecule has 0 radical (unpaired) electrons. The molecular formula is C21H32N2O2S. The van der Waals surface area contributed by atoms with Crippen LogP contribution >= 0.6 is 11.8 Å². The molecule has 0 aromatic heterocycles. The van der Waals surface area contributed by atoms with Crippen LogP contribution in [0.2, 0.25) is 0 Å². The largest absolute Gasteiger partial charge is 0.369 e. The first-order valence-electron chi connectivity index (χ1n) is 9.45. The first-order valence-corrected chi connectivity index (χ1v) is 10.3. The minimum absolute atomic E-state index is 0.133. The summed E-state index contributed by atoms with van der Waals surface area (Å²) in [4.78, 5) is 27.9. The van der Waals surface area contributed by atoms with Crippen LogP contribution in [0.1, 0.15) is 48.9 Å². The summed E-state index contributed by atoms with van der Waals surface area (Å²) < 4.78 is 0.